The molecular weight excluding hydrogens is 265 g/mol. The lowest BCUT2D eigenvalue weighted by atomic mass is 9.96. The van der Waals surface area contributed by atoms with Crippen LogP contribution in [0.15, 0.2) is 48.7 Å². The largest absolute Gasteiger partial charge is 0.326 e. The minimum absolute atomic E-state index is 0.0100. The van der Waals surface area contributed by atoms with Crippen LogP contribution in [0.1, 0.15) is 30.6 Å². The summed E-state index contributed by atoms with van der Waals surface area (Å²) in [6, 6.07) is 12.5. The number of nitrogens with two attached hydrogens (primary N) is 1. The molecule has 0 fully saturated rings. The Balaban J connectivity index is 2.21. The molecular formula is C17H22FN3. The summed E-state index contributed by atoms with van der Waals surface area (Å²) in [6.45, 7) is 2.77. The van der Waals surface area contributed by atoms with Gasteiger partial charge in [0.25, 0.3) is 0 Å². The molecule has 2 unspecified atom stereocenters. The minimum Gasteiger partial charge on any atom is -0.326 e. The SMILES string of the molecule is CCC(N)C(c1ccc(F)cc1)N(C)Cc1ccccn1. The van der Waals surface area contributed by atoms with Gasteiger partial charge in [-0.05, 0) is 43.3 Å². The number of benzene rings is 1. The first-order valence-electron chi connectivity index (χ1n) is 7.23. The Hall–Kier alpha value is -1.78. The number of hydrogen-bond donors (Lipinski definition) is 1. The first kappa shape index (κ1) is 15.6. The quantitative estimate of drug-likeness (QED) is 0.887. The summed E-state index contributed by atoms with van der Waals surface area (Å²) in [6.07, 6.45) is 2.64. The average Bonchev–Trinajstić information content (AvgIpc) is 2.50. The van der Waals surface area contributed by atoms with E-state index >= 15 is 0 Å². The molecule has 1 aromatic heterocycles. The molecule has 0 radical (unpaired) electrons. The summed E-state index contributed by atoms with van der Waals surface area (Å²) in [5.74, 6) is -0.227. The maximum atomic E-state index is 13.1. The lowest BCUT2D eigenvalue weighted by Crippen LogP contribution is -2.38. The molecule has 1 heterocycles. The predicted molar refractivity (Wildman–Crippen MR) is 83.1 cm³/mol. The fourth-order valence-corrected chi connectivity index (χ4v) is 2.56. The summed E-state index contributed by atoms with van der Waals surface area (Å²) in [4.78, 5) is 6.52. The fraction of sp³-hybridized carbons (Fsp3) is 0.353. The summed E-state index contributed by atoms with van der Waals surface area (Å²) >= 11 is 0. The third-order valence-electron chi connectivity index (χ3n) is 3.70. The number of hydrogen-bond acceptors (Lipinski definition) is 3. The predicted octanol–water partition coefficient (Wildman–Crippen LogP) is 3.13. The van der Waals surface area contributed by atoms with Crippen LogP contribution >= 0.6 is 0 Å². The van der Waals surface area contributed by atoms with E-state index in [1.165, 1.54) is 12.1 Å². The third kappa shape index (κ3) is 4.09. The zero-order valence-electron chi connectivity index (χ0n) is 12.5. The monoisotopic (exact) mass is 287 g/mol. The van der Waals surface area contributed by atoms with Gasteiger partial charge in [0.15, 0.2) is 0 Å². The first-order valence-corrected chi connectivity index (χ1v) is 7.23. The highest BCUT2D eigenvalue weighted by Gasteiger charge is 2.23. The second kappa shape index (κ2) is 7.29. The first-order chi connectivity index (χ1) is 10.1. The van der Waals surface area contributed by atoms with Crippen LogP contribution in [-0.4, -0.2) is 23.0 Å². The highest BCUT2D eigenvalue weighted by atomic mass is 19.1. The number of nitrogens with zero attached hydrogens (tertiary/aromatic N) is 2. The van der Waals surface area contributed by atoms with Crippen LogP contribution in [0.4, 0.5) is 4.39 Å². The second-order valence-corrected chi connectivity index (χ2v) is 5.30. The fourth-order valence-electron chi connectivity index (χ4n) is 2.56. The molecule has 0 aliphatic rings. The highest BCUT2D eigenvalue weighted by Crippen LogP contribution is 2.25. The Kier molecular flexibility index (Phi) is 5.42. The Labute approximate surface area is 125 Å². The van der Waals surface area contributed by atoms with Gasteiger partial charge in [-0.3, -0.25) is 9.88 Å². The van der Waals surface area contributed by atoms with E-state index in [1.54, 1.807) is 6.20 Å². The van der Waals surface area contributed by atoms with Crippen LogP contribution in [0.25, 0.3) is 0 Å². The van der Waals surface area contributed by atoms with Gasteiger partial charge in [0.2, 0.25) is 0 Å². The van der Waals surface area contributed by atoms with Crippen molar-refractivity contribution in [1.29, 1.82) is 0 Å². The number of rotatable bonds is 6. The number of aromatic nitrogens is 1. The minimum atomic E-state index is -0.227. The van der Waals surface area contributed by atoms with Crippen molar-refractivity contribution in [2.75, 3.05) is 7.05 Å². The standard InChI is InChI=1S/C17H22FN3/c1-3-16(19)17(13-7-9-14(18)10-8-13)21(2)12-15-6-4-5-11-20-15/h4-11,16-17H,3,12,19H2,1-2H3. The van der Waals surface area contributed by atoms with Gasteiger partial charge in [-0.15, -0.1) is 0 Å². The van der Waals surface area contributed by atoms with Crippen molar-refractivity contribution in [1.82, 2.24) is 9.88 Å². The summed E-state index contributed by atoms with van der Waals surface area (Å²) in [5.41, 5.74) is 8.31. The van der Waals surface area contributed by atoms with Crippen molar-refractivity contribution < 1.29 is 4.39 Å². The summed E-state index contributed by atoms with van der Waals surface area (Å²) in [5, 5.41) is 0. The van der Waals surface area contributed by atoms with Crippen molar-refractivity contribution in [2.45, 2.75) is 32.0 Å². The highest BCUT2D eigenvalue weighted by molar-refractivity contribution is 5.22. The lowest BCUT2D eigenvalue weighted by Gasteiger charge is -2.32. The molecule has 2 rings (SSSR count). The Morgan fingerprint density at radius 2 is 1.90 bits per heavy atom. The normalized spacial score (nSPS) is 14.1. The van der Waals surface area contributed by atoms with E-state index in [0.29, 0.717) is 6.54 Å². The molecule has 4 heteroatoms. The molecule has 0 bridgehead atoms. The topological polar surface area (TPSA) is 42.1 Å². The van der Waals surface area contributed by atoms with Crippen molar-refractivity contribution in [3.8, 4) is 0 Å². The number of pyridine rings is 1. The summed E-state index contributed by atoms with van der Waals surface area (Å²) < 4.78 is 13.1. The van der Waals surface area contributed by atoms with Crippen molar-refractivity contribution in [3.63, 3.8) is 0 Å². The zero-order chi connectivity index (χ0) is 15.2. The van der Waals surface area contributed by atoms with Gasteiger partial charge in [0.1, 0.15) is 5.82 Å². The van der Waals surface area contributed by atoms with Crippen LogP contribution < -0.4 is 5.73 Å². The zero-order valence-corrected chi connectivity index (χ0v) is 12.5. The molecule has 112 valence electrons. The van der Waals surface area contributed by atoms with Gasteiger partial charge in [0, 0.05) is 24.8 Å². The van der Waals surface area contributed by atoms with Crippen molar-refractivity contribution in [3.05, 3.63) is 65.7 Å². The molecule has 2 aromatic rings. The van der Waals surface area contributed by atoms with Crippen LogP contribution in [0.2, 0.25) is 0 Å². The van der Waals surface area contributed by atoms with Crippen molar-refractivity contribution in [2.24, 2.45) is 5.73 Å². The van der Waals surface area contributed by atoms with Gasteiger partial charge in [-0.25, -0.2) is 4.39 Å². The molecule has 0 aliphatic carbocycles. The smallest absolute Gasteiger partial charge is 0.123 e. The Morgan fingerprint density at radius 1 is 1.19 bits per heavy atom. The van der Waals surface area contributed by atoms with Crippen LogP contribution in [0, 0.1) is 5.82 Å². The van der Waals surface area contributed by atoms with Crippen LogP contribution in [0.3, 0.4) is 0 Å². The lowest BCUT2D eigenvalue weighted by molar-refractivity contribution is 0.199. The molecule has 2 atom stereocenters. The molecule has 0 saturated heterocycles. The van der Waals surface area contributed by atoms with Crippen LogP contribution in [0.5, 0.6) is 0 Å². The maximum absolute atomic E-state index is 13.1. The molecule has 0 saturated carbocycles. The summed E-state index contributed by atoms with van der Waals surface area (Å²) in [7, 11) is 2.03. The van der Waals surface area contributed by atoms with Gasteiger partial charge < -0.3 is 5.73 Å². The third-order valence-corrected chi connectivity index (χ3v) is 3.70. The van der Waals surface area contributed by atoms with E-state index in [-0.39, 0.29) is 17.9 Å². The number of halogens is 1. The Morgan fingerprint density at radius 3 is 2.48 bits per heavy atom. The van der Waals surface area contributed by atoms with E-state index in [4.69, 9.17) is 5.73 Å². The molecule has 2 N–H and O–H groups in total. The van der Waals surface area contributed by atoms with E-state index in [0.717, 1.165) is 17.7 Å². The molecule has 3 nitrogen and oxygen atoms in total. The van der Waals surface area contributed by atoms with Crippen molar-refractivity contribution >= 4 is 0 Å². The molecule has 0 amide bonds. The molecule has 0 spiro atoms. The molecule has 1 aromatic carbocycles. The van der Waals surface area contributed by atoms with Gasteiger partial charge in [0.05, 0.1) is 5.69 Å². The van der Waals surface area contributed by atoms with Gasteiger partial charge in [-0.1, -0.05) is 25.1 Å². The van der Waals surface area contributed by atoms with E-state index < -0.39 is 0 Å². The number of likely N-dealkylation sites (N-methyl/N-ethyl adjacent to an activating group) is 1. The van der Waals surface area contributed by atoms with E-state index in [9.17, 15) is 4.39 Å². The maximum Gasteiger partial charge on any atom is 0.123 e. The molecule has 0 aliphatic heterocycles. The second-order valence-electron chi connectivity index (χ2n) is 5.30. The van der Waals surface area contributed by atoms with E-state index in [2.05, 4.69) is 16.8 Å². The average molecular weight is 287 g/mol. The Bertz CT molecular complexity index is 542. The van der Waals surface area contributed by atoms with Gasteiger partial charge >= 0.3 is 0 Å². The van der Waals surface area contributed by atoms with Crippen LogP contribution in [-0.2, 0) is 6.54 Å². The van der Waals surface area contributed by atoms with E-state index in [1.807, 2.05) is 37.4 Å². The van der Waals surface area contributed by atoms with Gasteiger partial charge in [-0.2, -0.15) is 0 Å². The molecule has 21 heavy (non-hydrogen) atoms.